The van der Waals surface area contributed by atoms with Crippen LogP contribution in [0.15, 0.2) is 11.8 Å². The van der Waals surface area contributed by atoms with Gasteiger partial charge in [0.05, 0.1) is 0 Å². The summed E-state index contributed by atoms with van der Waals surface area (Å²) in [7, 11) is 0. The van der Waals surface area contributed by atoms with Crippen molar-refractivity contribution >= 4 is 17.3 Å². The first-order valence-corrected chi connectivity index (χ1v) is 3.35. The Kier molecular flexibility index (Phi) is 1.71. The third-order valence-electron chi connectivity index (χ3n) is 1.17. The maximum atomic E-state index is 4.90. The fraction of sp³-hybridized carbons (Fsp3) is 0.500. The van der Waals surface area contributed by atoms with Crippen LogP contribution in [-0.2, 0) is 0 Å². The Bertz CT molecular complexity index is 162. The van der Waals surface area contributed by atoms with Gasteiger partial charge in [-0.25, -0.2) is 0 Å². The van der Waals surface area contributed by atoms with Crippen LogP contribution >= 0.6 is 12.2 Å². The zero-order valence-corrected chi connectivity index (χ0v) is 6.38. The molecule has 0 amide bonds. The molecular weight excluding hydrogens is 132 g/mol. The first-order valence-electron chi connectivity index (χ1n) is 2.94. The molecule has 50 valence electrons. The summed E-state index contributed by atoms with van der Waals surface area (Å²) in [6.07, 6.45) is 2.09. The molecule has 9 heavy (non-hydrogen) atoms. The number of allylic oxidation sites excluding steroid dienone is 1. The van der Waals surface area contributed by atoms with Crippen molar-refractivity contribution in [3.63, 3.8) is 0 Å². The van der Waals surface area contributed by atoms with Crippen molar-refractivity contribution in [2.24, 2.45) is 0 Å². The van der Waals surface area contributed by atoms with E-state index in [2.05, 4.69) is 23.6 Å². The third-order valence-corrected chi connectivity index (χ3v) is 1.39. The van der Waals surface area contributed by atoms with E-state index in [0.29, 0.717) is 6.04 Å². The van der Waals surface area contributed by atoms with Gasteiger partial charge in [0.1, 0.15) is 0 Å². The lowest BCUT2D eigenvalue weighted by Gasteiger charge is -2.20. The lowest BCUT2D eigenvalue weighted by molar-refractivity contribution is 0.752. The first kappa shape index (κ1) is 6.55. The molecule has 0 saturated carbocycles. The minimum atomic E-state index is 0.374. The predicted octanol–water partition coefficient (Wildman–Crippen LogP) is 0.756. The molecule has 0 saturated heterocycles. The molecule has 0 fully saturated rings. The highest BCUT2D eigenvalue weighted by atomic mass is 32.1. The van der Waals surface area contributed by atoms with Gasteiger partial charge in [-0.1, -0.05) is 0 Å². The van der Waals surface area contributed by atoms with E-state index in [1.807, 2.05) is 6.92 Å². The van der Waals surface area contributed by atoms with Gasteiger partial charge in [0, 0.05) is 11.7 Å². The summed E-state index contributed by atoms with van der Waals surface area (Å²) >= 11 is 4.90. The van der Waals surface area contributed by atoms with Crippen molar-refractivity contribution in [3.05, 3.63) is 11.8 Å². The van der Waals surface area contributed by atoms with Crippen molar-refractivity contribution in [2.75, 3.05) is 0 Å². The summed E-state index contributed by atoms with van der Waals surface area (Å²) in [5.41, 5.74) is 1.13. The summed E-state index contributed by atoms with van der Waals surface area (Å²) in [6.45, 7) is 4.07. The summed E-state index contributed by atoms with van der Waals surface area (Å²) < 4.78 is 0. The molecule has 0 bridgehead atoms. The SMILES string of the molecule is CC1=CC(C)NC(=S)N1. The first-order chi connectivity index (χ1) is 4.18. The monoisotopic (exact) mass is 142 g/mol. The van der Waals surface area contributed by atoms with E-state index in [9.17, 15) is 0 Å². The average molecular weight is 142 g/mol. The van der Waals surface area contributed by atoms with Gasteiger partial charge in [0.25, 0.3) is 0 Å². The van der Waals surface area contributed by atoms with Gasteiger partial charge in [0.15, 0.2) is 5.11 Å². The average Bonchev–Trinajstić information content (AvgIpc) is 1.59. The smallest absolute Gasteiger partial charge is 0.170 e. The van der Waals surface area contributed by atoms with Crippen LogP contribution in [0.3, 0.4) is 0 Å². The Morgan fingerprint density at radius 1 is 1.67 bits per heavy atom. The highest BCUT2D eigenvalue weighted by Crippen LogP contribution is 1.97. The second-order valence-electron chi connectivity index (χ2n) is 2.24. The third kappa shape index (κ3) is 1.68. The molecule has 0 aromatic carbocycles. The van der Waals surface area contributed by atoms with Crippen molar-refractivity contribution in [1.29, 1.82) is 0 Å². The standard InChI is InChI=1S/C6H10N2S/c1-4-3-5(2)8-6(9)7-4/h3-4H,1-2H3,(H2,7,8,9). The molecule has 1 aliphatic rings. The van der Waals surface area contributed by atoms with Gasteiger partial charge in [-0.3, -0.25) is 0 Å². The molecule has 1 atom stereocenters. The maximum absolute atomic E-state index is 4.90. The van der Waals surface area contributed by atoms with Gasteiger partial charge in [-0.05, 0) is 32.1 Å². The molecule has 3 heteroatoms. The summed E-state index contributed by atoms with van der Waals surface area (Å²) in [5, 5.41) is 6.77. The van der Waals surface area contributed by atoms with Gasteiger partial charge < -0.3 is 10.6 Å². The Hall–Kier alpha value is -0.570. The fourth-order valence-corrected chi connectivity index (χ4v) is 1.23. The van der Waals surface area contributed by atoms with E-state index >= 15 is 0 Å². The Labute approximate surface area is 60.3 Å². The van der Waals surface area contributed by atoms with Gasteiger partial charge in [-0.2, -0.15) is 0 Å². The van der Waals surface area contributed by atoms with Gasteiger partial charge in [0.2, 0.25) is 0 Å². The topological polar surface area (TPSA) is 24.1 Å². The fourth-order valence-electron chi connectivity index (χ4n) is 0.880. The second-order valence-corrected chi connectivity index (χ2v) is 2.65. The van der Waals surface area contributed by atoms with Gasteiger partial charge >= 0.3 is 0 Å². The van der Waals surface area contributed by atoms with Crippen LogP contribution in [0.1, 0.15) is 13.8 Å². The predicted molar refractivity (Wildman–Crippen MR) is 42.1 cm³/mol. The van der Waals surface area contributed by atoms with Crippen LogP contribution in [0.5, 0.6) is 0 Å². The number of rotatable bonds is 0. The molecule has 0 aliphatic carbocycles. The molecular formula is C6H10N2S. The molecule has 1 aliphatic heterocycles. The van der Waals surface area contributed by atoms with Gasteiger partial charge in [-0.15, -0.1) is 0 Å². The highest BCUT2D eigenvalue weighted by Gasteiger charge is 2.06. The number of thiocarbonyl (C=S) groups is 1. The van der Waals surface area contributed by atoms with Crippen molar-refractivity contribution in [2.45, 2.75) is 19.9 Å². The molecule has 1 rings (SSSR count). The Morgan fingerprint density at radius 3 is 2.78 bits per heavy atom. The van der Waals surface area contributed by atoms with E-state index < -0.39 is 0 Å². The summed E-state index contributed by atoms with van der Waals surface area (Å²) in [5.74, 6) is 0. The summed E-state index contributed by atoms with van der Waals surface area (Å²) in [6, 6.07) is 0.374. The molecule has 1 heterocycles. The van der Waals surface area contributed by atoms with Crippen LogP contribution < -0.4 is 10.6 Å². The lowest BCUT2D eigenvalue weighted by Crippen LogP contribution is -2.43. The molecule has 2 nitrogen and oxygen atoms in total. The molecule has 2 N–H and O–H groups in total. The molecule has 0 aromatic rings. The van der Waals surface area contributed by atoms with E-state index in [0.717, 1.165) is 10.8 Å². The quantitative estimate of drug-likeness (QED) is 0.488. The minimum Gasteiger partial charge on any atom is -0.356 e. The van der Waals surface area contributed by atoms with Crippen LogP contribution in [0.25, 0.3) is 0 Å². The maximum Gasteiger partial charge on any atom is 0.170 e. The largest absolute Gasteiger partial charge is 0.356 e. The molecule has 0 radical (unpaired) electrons. The summed E-state index contributed by atoms with van der Waals surface area (Å²) in [4.78, 5) is 0. The van der Waals surface area contributed by atoms with E-state index in [1.165, 1.54) is 0 Å². The van der Waals surface area contributed by atoms with Crippen LogP contribution in [-0.4, -0.2) is 11.2 Å². The van der Waals surface area contributed by atoms with E-state index in [-0.39, 0.29) is 0 Å². The van der Waals surface area contributed by atoms with Crippen molar-refractivity contribution < 1.29 is 0 Å². The molecule has 1 unspecified atom stereocenters. The lowest BCUT2D eigenvalue weighted by atomic mass is 10.2. The van der Waals surface area contributed by atoms with Crippen molar-refractivity contribution in [1.82, 2.24) is 10.6 Å². The zero-order valence-electron chi connectivity index (χ0n) is 5.56. The number of hydrogen-bond acceptors (Lipinski definition) is 1. The molecule has 0 spiro atoms. The van der Waals surface area contributed by atoms with E-state index in [1.54, 1.807) is 0 Å². The second kappa shape index (κ2) is 2.35. The van der Waals surface area contributed by atoms with Crippen molar-refractivity contribution in [3.8, 4) is 0 Å². The Morgan fingerprint density at radius 2 is 2.33 bits per heavy atom. The normalized spacial score (nSPS) is 26.2. The Balaban J connectivity index is 2.67. The van der Waals surface area contributed by atoms with E-state index in [4.69, 9.17) is 12.2 Å². The minimum absolute atomic E-state index is 0.374. The number of hydrogen-bond donors (Lipinski definition) is 2. The number of nitrogens with one attached hydrogen (secondary N) is 2. The van der Waals surface area contributed by atoms with Crippen LogP contribution in [0, 0.1) is 0 Å². The molecule has 0 aromatic heterocycles. The van der Waals surface area contributed by atoms with Crippen LogP contribution in [0.2, 0.25) is 0 Å². The van der Waals surface area contributed by atoms with Crippen LogP contribution in [0.4, 0.5) is 0 Å². The zero-order chi connectivity index (χ0) is 6.85. The highest BCUT2D eigenvalue weighted by molar-refractivity contribution is 7.80.